The molecule has 0 aliphatic carbocycles. The van der Waals surface area contributed by atoms with E-state index >= 15 is 0 Å². The molecule has 228 valence electrons. The molecular formula is C31H39Cl2N3O5S. The molecule has 5 atom stereocenters. The average molecular weight is 637 g/mol. The molecule has 1 amide bonds. The first kappa shape index (κ1) is 32.9. The molecule has 1 saturated heterocycles. The summed E-state index contributed by atoms with van der Waals surface area (Å²) in [6.45, 7) is 3.50. The van der Waals surface area contributed by atoms with Gasteiger partial charge in [0, 0.05) is 56.1 Å². The summed E-state index contributed by atoms with van der Waals surface area (Å²) in [6, 6.07) is 18.2. The highest BCUT2D eigenvalue weighted by Crippen LogP contribution is 2.32. The van der Waals surface area contributed by atoms with Gasteiger partial charge >= 0.3 is 0 Å². The standard InChI is InChI=1S/C31H39Cl2N3O5S/c1-34(31(41)21-6-3-2-4-7-21)19-23(22-9-10-24(32)25(33)18-22)11-12-35-13-15-36(16-14-35)28(27-8-5-17-42-27)30(40)29(39)26(38)20-37/h2-10,17-18,23,26,28-30,37-40H,11-16,19-20H2,1H3/t23-,26-,28?,29+,30+/m1/s1. The van der Waals surface area contributed by atoms with Gasteiger partial charge in [-0.25, -0.2) is 0 Å². The number of aliphatic hydroxyl groups is 4. The molecule has 0 spiro atoms. The number of aliphatic hydroxyl groups excluding tert-OH is 4. The van der Waals surface area contributed by atoms with E-state index in [4.69, 9.17) is 23.2 Å². The number of halogens is 2. The molecule has 4 N–H and O–H groups in total. The summed E-state index contributed by atoms with van der Waals surface area (Å²) in [5.74, 6) is -0.00720. The number of piperazine rings is 1. The molecule has 0 saturated carbocycles. The van der Waals surface area contributed by atoms with Crippen molar-refractivity contribution in [3.8, 4) is 0 Å². The van der Waals surface area contributed by atoms with Crippen LogP contribution in [0.4, 0.5) is 0 Å². The fourth-order valence-corrected chi connectivity index (χ4v) is 6.70. The molecule has 2 heterocycles. The first-order chi connectivity index (χ1) is 20.2. The Morgan fingerprint density at radius 2 is 1.67 bits per heavy atom. The maximum absolute atomic E-state index is 13.1. The van der Waals surface area contributed by atoms with Gasteiger partial charge in [-0.2, -0.15) is 0 Å². The maximum Gasteiger partial charge on any atom is 0.253 e. The van der Waals surface area contributed by atoms with Gasteiger partial charge in [0.25, 0.3) is 5.91 Å². The van der Waals surface area contributed by atoms with E-state index in [1.807, 2.05) is 67.0 Å². The van der Waals surface area contributed by atoms with Gasteiger partial charge in [-0.1, -0.05) is 53.5 Å². The second-order valence-corrected chi connectivity index (χ2v) is 12.6. The monoisotopic (exact) mass is 635 g/mol. The molecule has 3 aromatic rings. The number of rotatable bonds is 13. The van der Waals surface area contributed by atoms with Crippen molar-refractivity contribution < 1.29 is 25.2 Å². The van der Waals surface area contributed by atoms with Crippen molar-refractivity contribution in [2.24, 2.45) is 0 Å². The van der Waals surface area contributed by atoms with Gasteiger partial charge in [0.1, 0.15) is 18.3 Å². The van der Waals surface area contributed by atoms with Gasteiger partial charge in [0.05, 0.1) is 22.7 Å². The van der Waals surface area contributed by atoms with Crippen LogP contribution in [0.1, 0.15) is 39.2 Å². The topological polar surface area (TPSA) is 108 Å². The summed E-state index contributed by atoms with van der Waals surface area (Å²) in [5.41, 5.74) is 1.66. The second kappa shape index (κ2) is 15.6. The van der Waals surface area contributed by atoms with Gasteiger partial charge in [-0.05, 0) is 54.2 Å². The molecule has 1 aliphatic heterocycles. The van der Waals surface area contributed by atoms with E-state index in [2.05, 4.69) is 9.80 Å². The minimum atomic E-state index is -1.47. The number of nitrogens with zero attached hydrogens (tertiary/aromatic N) is 3. The van der Waals surface area contributed by atoms with Gasteiger partial charge in [0.15, 0.2) is 0 Å². The van der Waals surface area contributed by atoms with Crippen molar-refractivity contribution in [2.75, 3.05) is 52.9 Å². The third-order valence-corrected chi connectivity index (χ3v) is 9.64. The largest absolute Gasteiger partial charge is 0.394 e. The Bertz CT molecular complexity index is 1260. The van der Waals surface area contributed by atoms with Gasteiger partial charge < -0.3 is 30.2 Å². The predicted octanol–water partition coefficient (Wildman–Crippen LogP) is 3.73. The van der Waals surface area contributed by atoms with Crippen molar-refractivity contribution >= 4 is 40.4 Å². The molecule has 11 heteroatoms. The highest BCUT2D eigenvalue weighted by molar-refractivity contribution is 7.10. The average Bonchev–Trinajstić information content (AvgIpc) is 3.55. The van der Waals surface area contributed by atoms with Crippen molar-refractivity contribution in [3.05, 3.63) is 92.1 Å². The van der Waals surface area contributed by atoms with Crippen LogP contribution in [0.25, 0.3) is 0 Å². The SMILES string of the molecule is CN(C[C@@H](CCN1CCN(C(c2cccs2)[C@H](O)[C@@H](O)[C@H](O)CO)CC1)c1ccc(Cl)c(Cl)c1)C(=O)c1ccccc1. The maximum atomic E-state index is 13.1. The minimum absolute atomic E-state index is 0.0336. The summed E-state index contributed by atoms with van der Waals surface area (Å²) in [4.78, 5) is 20.2. The Morgan fingerprint density at radius 3 is 2.29 bits per heavy atom. The van der Waals surface area contributed by atoms with E-state index in [1.165, 1.54) is 11.3 Å². The van der Waals surface area contributed by atoms with Crippen LogP contribution in [-0.2, 0) is 0 Å². The summed E-state index contributed by atoms with van der Waals surface area (Å²) < 4.78 is 0. The number of benzene rings is 2. The number of thiophene rings is 1. The quantitative estimate of drug-likeness (QED) is 0.227. The molecule has 1 unspecified atom stereocenters. The van der Waals surface area contributed by atoms with Crippen LogP contribution in [-0.4, -0.2) is 112 Å². The molecule has 1 fully saturated rings. The molecule has 0 bridgehead atoms. The first-order valence-corrected chi connectivity index (χ1v) is 15.7. The zero-order chi connectivity index (χ0) is 30.2. The smallest absolute Gasteiger partial charge is 0.253 e. The highest BCUT2D eigenvalue weighted by Gasteiger charge is 2.37. The number of hydrogen-bond acceptors (Lipinski definition) is 8. The molecule has 2 aromatic carbocycles. The van der Waals surface area contributed by atoms with Crippen LogP contribution in [0, 0.1) is 0 Å². The summed E-state index contributed by atoms with van der Waals surface area (Å²) in [7, 11) is 1.82. The van der Waals surface area contributed by atoms with Gasteiger partial charge in [-0.3, -0.25) is 9.69 Å². The van der Waals surface area contributed by atoms with Crippen LogP contribution >= 0.6 is 34.5 Å². The fraction of sp³-hybridized carbons (Fsp3) is 0.452. The minimum Gasteiger partial charge on any atom is -0.394 e. The summed E-state index contributed by atoms with van der Waals surface area (Å²) >= 11 is 14.1. The predicted molar refractivity (Wildman–Crippen MR) is 167 cm³/mol. The Morgan fingerprint density at radius 1 is 0.952 bits per heavy atom. The Kier molecular flexibility index (Phi) is 12.2. The third-order valence-electron chi connectivity index (χ3n) is 7.96. The van der Waals surface area contributed by atoms with Crippen molar-refractivity contribution in [2.45, 2.75) is 36.7 Å². The molecule has 42 heavy (non-hydrogen) atoms. The molecule has 0 radical (unpaired) electrons. The molecule has 8 nitrogen and oxygen atoms in total. The summed E-state index contributed by atoms with van der Waals surface area (Å²) in [5, 5.41) is 43.6. The van der Waals surface area contributed by atoms with Crippen LogP contribution in [0.5, 0.6) is 0 Å². The fourth-order valence-electron chi connectivity index (χ4n) is 5.49. The lowest BCUT2D eigenvalue weighted by atomic mass is 9.94. The number of carbonyl (C=O) groups is 1. The Labute approximate surface area is 261 Å². The number of carbonyl (C=O) groups excluding carboxylic acids is 1. The zero-order valence-corrected chi connectivity index (χ0v) is 25.9. The molecule has 1 aliphatic rings. The van der Waals surface area contributed by atoms with Crippen molar-refractivity contribution in [1.82, 2.24) is 14.7 Å². The van der Waals surface area contributed by atoms with Crippen LogP contribution in [0.3, 0.4) is 0 Å². The lowest BCUT2D eigenvalue weighted by Crippen LogP contribution is -2.53. The van der Waals surface area contributed by atoms with E-state index in [0.29, 0.717) is 35.2 Å². The van der Waals surface area contributed by atoms with Crippen LogP contribution in [0.15, 0.2) is 66.0 Å². The van der Waals surface area contributed by atoms with E-state index < -0.39 is 31.0 Å². The molecular weight excluding hydrogens is 597 g/mol. The highest BCUT2D eigenvalue weighted by atomic mass is 35.5. The lowest BCUT2D eigenvalue weighted by molar-refractivity contribution is -0.107. The van der Waals surface area contributed by atoms with Crippen LogP contribution in [0.2, 0.25) is 10.0 Å². The van der Waals surface area contributed by atoms with Gasteiger partial charge in [0.2, 0.25) is 0 Å². The summed E-state index contributed by atoms with van der Waals surface area (Å²) in [6.07, 6.45) is -3.35. The van der Waals surface area contributed by atoms with E-state index in [0.717, 1.165) is 36.5 Å². The first-order valence-electron chi connectivity index (χ1n) is 14.1. The third kappa shape index (κ3) is 8.31. The van der Waals surface area contributed by atoms with E-state index in [9.17, 15) is 25.2 Å². The number of likely N-dealkylation sites (N-methyl/N-ethyl adjacent to an activating group) is 1. The molecule has 1 aromatic heterocycles. The van der Waals surface area contributed by atoms with Crippen molar-refractivity contribution in [3.63, 3.8) is 0 Å². The van der Waals surface area contributed by atoms with E-state index in [1.54, 1.807) is 11.0 Å². The lowest BCUT2D eigenvalue weighted by Gasteiger charge is -2.42. The number of hydrogen-bond donors (Lipinski definition) is 4. The van der Waals surface area contributed by atoms with Crippen molar-refractivity contribution in [1.29, 1.82) is 0 Å². The normalized spacial score (nSPS) is 18.3. The Balaban J connectivity index is 1.41. The van der Waals surface area contributed by atoms with Gasteiger partial charge in [-0.15, -0.1) is 11.3 Å². The van der Waals surface area contributed by atoms with Crippen LogP contribution < -0.4 is 0 Å². The second-order valence-electron chi connectivity index (χ2n) is 10.8. The molecule has 4 rings (SSSR count). The Hall–Kier alpha value is -2.05. The zero-order valence-electron chi connectivity index (χ0n) is 23.6. The number of amides is 1. The van der Waals surface area contributed by atoms with E-state index in [-0.39, 0.29) is 11.8 Å².